The summed E-state index contributed by atoms with van der Waals surface area (Å²) in [6.07, 6.45) is 2.37. The molecular formula is C22H30N2O5. The van der Waals surface area contributed by atoms with Crippen LogP contribution in [0.4, 0.5) is 0 Å². The summed E-state index contributed by atoms with van der Waals surface area (Å²) >= 11 is 0. The smallest absolute Gasteiger partial charge is 0.343 e. The highest BCUT2D eigenvalue weighted by Crippen LogP contribution is 2.39. The first-order valence-corrected chi connectivity index (χ1v) is 9.76. The lowest BCUT2D eigenvalue weighted by molar-refractivity contribution is 0.0598. The lowest BCUT2D eigenvalue weighted by Gasteiger charge is -2.45. The topological polar surface area (TPSA) is 81.0 Å². The Bertz CT molecular complexity index is 962. The highest BCUT2D eigenvalue weighted by molar-refractivity contribution is 5.89. The van der Waals surface area contributed by atoms with Gasteiger partial charge in [-0.15, -0.1) is 0 Å². The number of benzene rings is 1. The lowest BCUT2D eigenvalue weighted by Crippen LogP contribution is -2.52. The third-order valence-corrected chi connectivity index (χ3v) is 5.26. The van der Waals surface area contributed by atoms with E-state index in [1.807, 2.05) is 18.5 Å². The maximum absolute atomic E-state index is 12.5. The van der Waals surface area contributed by atoms with Crippen LogP contribution in [0.15, 0.2) is 29.2 Å². The highest BCUT2D eigenvalue weighted by Gasteiger charge is 2.33. The number of phenols is 1. The average Bonchev–Trinajstić information content (AvgIpc) is 2.73. The van der Waals surface area contributed by atoms with Gasteiger partial charge in [-0.25, -0.2) is 4.79 Å². The zero-order valence-corrected chi connectivity index (χ0v) is 18.2. The summed E-state index contributed by atoms with van der Waals surface area (Å²) in [6, 6.07) is 4.80. The van der Waals surface area contributed by atoms with Gasteiger partial charge in [0.1, 0.15) is 5.56 Å². The van der Waals surface area contributed by atoms with E-state index in [-0.39, 0.29) is 16.9 Å². The standard InChI is InChI=1S/C20H24N2O5.C2H6/c1-6-20(2,3)22-10-12-7-17(24)18(26-4)8-13(12)15-9-16(23)14(11-21(15)22)19(25)27-5;1-2/h7-9,11,24H,6,10H2,1-5H3;1-2H3. The third-order valence-electron chi connectivity index (χ3n) is 5.26. The number of phenolic OH excluding ortho intramolecular Hbond substituents is 1. The zero-order chi connectivity index (χ0) is 21.9. The van der Waals surface area contributed by atoms with Crippen LogP contribution in [0.2, 0.25) is 0 Å². The molecule has 7 heteroatoms. The van der Waals surface area contributed by atoms with Crippen molar-refractivity contribution in [2.24, 2.45) is 0 Å². The Morgan fingerprint density at radius 1 is 1.21 bits per heavy atom. The maximum Gasteiger partial charge on any atom is 0.343 e. The van der Waals surface area contributed by atoms with Crippen LogP contribution in [-0.4, -0.2) is 35.5 Å². The Morgan fingerprint density at radius 2 is 1.86 bits per heavy atom. The van der Waals surface area contributed by atoms with Gasteiger partial charge in [-0.3, -0.25) is 9.47 Å². The second-order valence-corrected chi connectivity index (χ2v) is 7.18. The second kappa shape index (κ2) is 8.59. The SMILES string of the molecule is CC.CCC(C)(C)N1Cc2cc(O)c(OC)cc2-c2cc(=O)c(C(=O)OC)cn21. The molecule has 0 unspecified atom stereocenters. The number of pyridine rings is 1. The van der Waals surface area contributed by atoms with Crippen LogP contribution in [-0.2, 0) is 11.3 Å². The first-order valence-electron chi connectivity index (χ1n) is 9.76. The summed E-state index contributed by atoms with van der Waals surface area (Å²) < 4.78 is 11.8. The van der Waals surface area contributed by atoms with Crippen molar-refractivity contribution in [1.29, 1.82) is 0 Å². The van der Waals surface area contributed by atoms with E-state index >= 15 is 0 Å². The first-order chi connectivity index (χ1) is 13.7. The van der Waals surface area contributed by atoms with Gasteiger partial charge in [0.15, 0.2) is 16.9 Å². The molecule has 1 aliphatic rings. The molecule has 1 aliphatic heterocycles. The highest BCUT2D eigenvalue weighted by atomic mass is 16.5. The Labute approximate surface area is 171 Å². The summed E-state index contributed by atoms with van der Waals surface area (Å²) in [5.74, 6) is -0.292. The fraction of sp³-hybridized carbons (Fsp3) is 0.455. The summed E-state index contributed by atoms with van der Waals surface area (Å²) in [5.41, 5.74) is 1.59. The van der Waals surface area contributed by atoms with Gasteiger partial charge >= 0.3 is 5.97 Å². The van der Waals surface area contributed by atoms with Crippen LogP contribution in [0.3, 0.4) is 0 Å². The molecule has 0 amide bonds. The van der Waals surface area contributed by atoms with Crippen molar-refractivity contribution in [2.45, 2.75) is 53.1 Å². The van der Waals surface area contributed by atoms with Gasteiger partial charge in [-0.05, 0) is 38.0 Å². The summed E-state index contributed by atoms with van der Waals surface area (Å²) in [4.78, 5) is 24.6. The predicted octanol–water partition coefficient (Wildman–Crippen LogP) is 3.68. The minimum atomic E-state index is -0.668. The van der Waals surface area contributed by atoms with Crippen molar-refractivity contribution in [3.8, 4) is 22.8 Å². The molecule has 0 atom stereocenters. The number of carbonyl (C=O) groups excluding carboxylic acids is 1. The molecular weight excluding hydrogens is 372 g/mol. The summed E-state index contributed by atoms with van der Waals surface area (Å²) in [5, 5.41) is 12.3. The van der Waals surface area contributed by atoms with E-state index in [0.717, 1.165) is 17.5 Å². The van der Waals surface area contributed by atoms with Gasteiger partial charge < -0.3 is 19.6 Å². The minimum absolute atomic E-state index is 0.0210. The molecule has 29 heavy (non-hydrogen) atoms. The number of aromatic hydroxyl groups is 1. The molecule has 0 saturated carbocycles. The number of nitrogens with zero attached hydrogens (tertiary/aromatic N) is 2. The molecule has 0 aliphatic carbocycles. The molecule has 0 saturated heterocycles. The molecule has 0 bridgehead atoms. The fourth-order valence-corrected chi connectivity index (χ4v) is 3.26. The zero-order valence-electron chi connectivity index (χ0n) is 18.2. The van der Waals surface area contributed by atoms with Crippen LogP contribution in [0.5, 0.6) is 11.5 Å². The molecule has 2 aromatic rings. The van der Waals surface area contributed by atoms with Gasteiger partial charge in [-0.2, -0.15) is 0 Å². The van der Waals surface area contributed by atoms with E-state index in [1.165, 1.54) is 26.5 Å². The Hall–Kier alpha value is -2.96. The summed E-state index contributed by atoms with van der Waals surface area (Å²) in [6.45, 7) is 10.7. The Kier molecular flexibility index (Phi) is 6.62. The molecule has 0 spiro atoms. The molecule has 7 nitrogen and oxygen atoms in total. The monoisotopic (exact) mass is 402 g/mol. The Balaban J connectivity index is 0.00000145. The second-order valence-electron chi connectivity index (χ2n) is 7.18. The van der Waals surface area contributed by atoms with E-state index in [1.54, 1.807) is 12.1 Å². The van der Waals surface area contributed by atoms with Crippen molar-refractivity contribution >= 4 is 5.97 Å². The fourth-order valence-electron chi connectivity index (χ4n) is 3.26. The predicted molar refractivity (Wildman–Crippen MR) is 113 cm³/mol. The summed E-state index contributed by atoms with van der Waals surface area (Å²) in [7, 11) is 2.73. The molecule has 0 fully saturated rings. The number of hydrogen-bond acceptors (Lipinski definition) is 6. The van der Waals surface area contributed by atoms with Crippen molar-refractivity contribution in [1.82, 2.24) is 4.68 Å². The number of ether oxygens (including phenoxy) is 2. The number of esters is 1. The average molecular weight is 402 g/mol. The number of hydrogen-bond donors (Lipinski definition) is 1. The van der Waals surface area contributed by atoms with E-state index < -0.39 is 11.4 Å². The third kappa shape index (κ3) is 3.95. The molecule has 1 aromatic carbocycles. The van der Waals surface area contributed by atoms with E-state index in [9.17, 15) is 14.7 Å². The van der Waals surface area contributed by atoms with Gasteiger partial charge in [0.25, 0.3) is 0 Å². The first kappa shape index (κ1) is 22.3. The molecule has 3 rings (SSSR count). The lowest BCUT2D eigenvalue weighted by atomic mass is 9.95. The molecule has 0 radical (unpaired) electrons. The quantitative estimate of drug-likeness (QED) is 0.786. The maximum atomic E-state index is 12.5. The number of carbonyl (C=O) groups is 1. The van der Waals surface area contributed by atoms with E-state index in [0.29, 0.717) is 18.0 Å². The normalized spacial score (nSPS) is 12.3. The number of methoxy groups -OCH3 is 2. The van der Waals surface area contributed by atoms with Crippen molar-refractivity contribution < 1.29 is 19.4 Å². The number of aromatic nitrogens is 1. The minimum Gasteiger partial charge on any atom is -0.504 e. The van der Waals surface area contributed by atoms with Crippen molar-refractivity contribution in [2.75, 3.05) is 19.2 Å². The largest absolute Gasteiger partial charge is 0.504 e. The van der Waals surface area contributed by atoms with Gasteiger partial charge in [-0.1, -0.05) is 20.8 Å². The van der Waals surface area contributed by atoms with Crippen LogP contribution >= 0.6 is 0 Å². The number of rotatable bonds is 4. The number of fused-ring (bicyclic) bond motifs is 3. The van der Waals surface area contributed by atoms with Gasteiger partial charge in [0.05, 0.1) is 32.0 Å². The van der Waals surface area contributed by atoms with Crippen LogP contribution in [0.1, 0.15) is 57.0 Å². The van der Waals surface area contributed by atoms with Gasteiger partial charge in [0, 0.05) is 17.8 Å². The van der Waals surface area contributed by atoms with Gasteiger partial charge in [0.2, 0.25) is 0 Å². The molecule has 2 heterocycles. The molecule has 1 aromatic heterocycles. The Morgan fingerprint density at radius 3 is 2.41 bits per heavy atom. The van der Waals surface area contributed by atoms with E-state index in [2.05, 4.69) is 25.8 Å². The van der Waals surface area contributed by atoms with Crippen LogP contribution < -0.4 is 15.2 Å². The molecule has 158 valence electrons. The van der Waals surface area contributed by atoms with E-state index in [4.69, 9.17) is 9.47 Å². The van der Waals surface area contributed by atoms with Crippen LogP contribution in [0, 0.1) is 0 Å². The molecule has 1 N–H and O–H groups in total. The van der Waals surface area contributed by atoms with Crippen LogP contribution in [0.25, 0.3) is 11.3 Å². The van der Waals surface area contributed by atoms with Crippen molar-refractivity contribution in [3.63, 3.8) is 0 Å². The van der Waals surface area contributed by atoms with Crippen molar-refractivity contribution in [3.05, 3.63) is 45.7 Å².